The number of fused-ring (bicyclic) bond motifs is 1. The van der Waals surface area contributed by atoms with Crippen molar-refractivity contribution in [3.8, 4) is 23.0 Å². The van der Waals surface area contributed by atoms with Crippen molar-refractivity contribution >= 4 is 17.7 Å². The minimum atomic E-state index is -0.0811. The van der Waals surface area contributed by atoms with Gasteiger partial charge in [0.05, 0.1) is 11.9 Å². The molecule has 1 aromatic heterocycles. The van der Waals surface area contributed by atoms with E-state index in [1.807, 2.05) is 19.9 Å². The Morgan fingerprint density at radius 3 is 3.00 bits per heavy atom. The van der Waals surface area contributed by atoms with Crippen LogP contribution in [0, 0.1) is 0 Å². The van der Waals surface area contributed by atoms with E-state index in [4.69, 9.17) is 18.6 Å². The highest BCUT2D eigenvalue weighted by Crippen LogP contribution is 2.35. The molecule has 26 heavy (non-hydrogen) atoms. The molecular weight excluding hydrogens is 358 g/mol. The Bertz CT molecular complexity index is 750. The monoisotopic (exact) mass is 379 g/mol. The van der Waals surface area contributed by atoms with Crippen LogP contribution in [0.15, 0.2) is 27.8 Å². The van der Waals surface area contributed by atoms with Crippen LogP contribution in [0.25, 0.3) is 11.5 Å². The summed E-state index contributed by atoms with van der Waals surface area (Å²) in [4.78, 5) is 11.8. The number of hydrogen-bond donors (Lipinski definition) is 1. The highest BCUT2D eigenvalue weighted by atomic mass is 32.2. The van der Waals surface area contributed by atoms with Gasteiger partial charge < -0.3 is 23.9 Å². The van der Waals surface area contributed by atoms with Gasteiger partial charge in [-0.1, -0.05) is 11.8 Å². The number of carbonyl (C=O) groups excluding carboxylic acids is 1. The van der Waals surface area contributed by atoms with Crippen LogP contribution in [0.2, 0.25) is 0 Å². The van der Waals surface area contributed by atoms with Crippen molar-refractivity contribution in [2.45, 2.75) is 31.6 Å². The Balaban J connectivity index is 1.43. The molecule has 1 N–H and O–H groups in total. The molecule has 8 nitrogen and oxygen atoms in total. The van der Waals surface area contributed by atoms with Gasteiger partial charge in [0, 0.05) is 18.7 Å². The zero-order valence-electron chi connectivity index (χ0n) is 14.7. The molecule has 0 saturated carbocycles. The summed E-state index contributed by atoms with van der Waals surface area (Å²) in [6.07, 6.45) is 0.987. The molecule has 140 valence electrons. The van der Waals surface area contributed by atoms with Gasteiger partial charge in [0.15, 0.2) is 11.5 Å². The summed E-state index contributed by atoms with van der Waals surface area (Å²) in [7, 11) is 0. The summed E-state index contributed by atoms with van der Waals surface area (Å²) in [5.74, 6) is 1.85. The Morgan fingerprint density at radius 1 is 1.31 bits per heavy atom. The second-order valence-electron chi connectivity index (χ2n) is 5.85. The number of ether oxygens (including phenoxy) is 3. The fourth-order valence-electron chi connectivity index (χ4n) is 2.21. The highest BCUT2D eigenvalue weighted by Gasteiger charge is 2.17. The molecular formula is C17H21N3O5S. The molecule has 1 amide bonds. The molecule has 1 aliphatic rings. The zero-order valence-corrected chi connectivity index (χ0v) is 15.5. The van der Waals surface area contributed by atoms with Gasteiger partial charge in [-0.15, -0.1) is 10.2 Å². The molecule has 0 aliphatic carbocycles. The van der Waals surface area contributed by atoms with Crippen molar-refractivity contribution in [1.29, 1.82) is 0 Å². The first-order chi connectivity index (χ1) is 12.6. The molecule has 0 fully saturated rings. The second-order valence-corrected chi connectivity index (χ2v) is 6.78. The van der Waals surface area contributed by atoms with E-state index in [2.05, 4.69) is 15.5 Å². The van der Waals surface area contributed by atoms with Crippen molar-refractivity contribution in [1.82, 2.24) is 15.5 Å². The quantitative estimate of drug-likeness (QED) is 0.524. The van der Waals surface area contributed by atoms with Crippen LogP contribution in [0.5, 0.6) is 11.5 Å². The number of benzene rings is 1. The summed E-state index contributed by atoms with van der Waals surface area (Å²) in [5.41, 5.74) is 0.739. The molecule has 0 bridgehead atoms. The molecule has 9 heteroatoms. The van der Waals surface area contributed by atoms with Gasteiger partial charge in [-0.25, -0.2) is 0 Å². The lowest BCUT2D eigenvalue weighted by Gasteiger charge is -2.07. The maximum atomic E-state index is 11.8. The van der Waals surface area contributed by atoms with Crippen LogP contribution >= 0.6 is 11.8 Å². The Labute approximate surface area is 155 Å². The highest BCUT2D eigenvalue weighted by molar-refractivity contribution is 7.99. The predicted molar refractivity (Wildman–Crippen MR) is 95.3 cm³/mol. The lowest BCUT2D eigenvalue weighted by Crippen LogP contribution is -2.27. The van der Waals surface area contributed by atoms with Gasteiger partial charge in [-0.3, -0.25) is 4.79 Å². The van der Waals surface area contributed by atoms with E-state index in [0.717, 1.165) is 12.0 Å². The van der Waals surface area contributed by atoms with E-state index in [1.54, 1.807) is 12.1 Å². The standard InChI is InChI=1S/C17H21N3O5S/c1-11(2)22-7-3-6-18-15(21)9-26-17-20-19-16(25-17)12-4-5-13-14(8-12)24-10-23-13/h4-5,8,11H,3,6-7,9-10H2,1-2H3,(H,18,21). The number of rotatable bonds is 9. The van der Waals surface area contributed by atoms with E-state index >= 15 is 0 Å². The Morgan fingerprint density at radius 2 is 2.15 bits per heavy atom. The van der Waals surface area contributed by atoms with Crippen molar-refractivity contribution in [2.24, 2.45) is 0 Å². The largest absolute Gasteiger partial charge is 0.454 e. The third-order valence-electron chi connectivity index (χ3n) is 3.45. The smallest absolute Gasteiger partial charge is 0.277 e. The Kier molecular flexibility index (Phi) is 6.35. The maximum absolute atomic E-state index is 11.8. The topological polar surface area (TPSA) is 95.7 Å². The number of hydrogen-bond acceptors (Lipinski definition) is 8. The summed E-state index contributed by atoms with van der Waals surface area (Å²) >= 11 is 1.20. The average Bonchev–Trinajstić information content (AvgIpc) is 3.27. The predicted octanol–water partition coefficient (Wildman–Crippen LogP) is 2.49. The molecule has 0 unspecified atom stereocenters. The molecule has 1 aliphatic heterocycles. The first-order valence-electron chi connectivity index (χ1n) is 8.36. The molecule has 0 radical (unpaired) electrons. The molecule has 0 saturated heterocycles. The number of amides is 1. The van der Waals surface area contributed by atoms with Gasteiger partial charge in [-0.2, -0.15) is 0 Å². The third kappa shape index (κ3) is 5.12. The maximum Gasteiger partial charge on any atom is 0.277 e. The van der Waals surface area contributed by atoms with Gasteiger partial charge in [-0.05, 0) is 38.5 Å². The van der Waals surface area contributed by atoms with Crippen LogP contribution in [-0.2, 0) is 9.53 Å². The van der Waals surface area contributed by atoms with Crippen LogP contribution < -0.4 is 14.8 Å². The van der Waals surface area contributed by atoms with E-state index in [-0.39, 0.29) is 24.6 Å². The number of carbonyl (C=O) groups is 1. The summed E-state index contributed by atoms with van der Waals surface area (Å²) < 4.78 is 21.6. The van der Waals surface area contributed by atoms with E-state index in [1.165, 1.54) is 11.8 Å². The molecule has 2 aromatic rings. The summed E-state index contributed by atoms with van der Waals surface area (Å²) in [5, 5.41) is 11.1. The minimum absolute atomic E-state index is 0.0811. The summed E-state index contributed by atoms with van der Waals surface area (Å²) in [6, 6.07) is 5.41. The zero-order chi connectivity index (χ0) is 18.4. The van der Waals surface area contributed by atoms with E-state index < -0.39 is 0 Å². The van der Waals surface area contributed by atoms with Gasteiger partial charge >= 0.3 is 0 Å². The fourth-order valence-corrected chi connectivity index (χ4v) is 2.80. The number of nitrogens with one attached hydrogen (secondary N) is 1. The van der Waals surface area contributed by atoms with Crippen molar-refractivity contribution < 1.29 is 23.4 Å². The molecule has 0 atom stereocenters. The van der Waals surface area contributed by atoms with E-state index in [9.17, 15) is 4.79 Å². The van der Waals surface area contributed by atoms with E-state index in [0.29, 0.717) is 35.8 Å². The van der Waals surface area contributed by atoms with Crippen molar-refractivity contribution in [3.63, 3.8) is 0 Å². The Hall–Kier alpha value is -2.26. The lowest BCUT2D eigenvalue weighted by molar-refractivity contribution is -0.118. The first kappa shape index (κ1) is 18.5. The van der Waals surface area contributed by atoms with Gasteiger partial charge in [0.25, 0.3) is 5.22 Å². The number of nitrogens with zero attached hydrogens (tertiary/aromatic N) is 2. The van der Waals surface area contributed by atoms with Crippen LogP contribution in [0.4, 0.5) is 0 Å². The van der Waals surface area contributed by atoms with Gasteiger partial charge in [0.1, 0.15) is 0 Å². The van der Waals surface area contributed by atoms with Crippen molar-refractivity contribution in [3.05, 3.63) is 18.2 Å². The average molecular weight is 379 g/mol. The second kappa shape index (κ2) is 8.91. The molecule has 1 aromatic carbocycles. The SMILES string of the molecule is CC(C)OCCCNC(=O)CSc1nnc(-c2ccc3c(c2)OCO3)o1. The first-order valence-corrected chi connectivity index (χ1v) is 9.35. The number of thioether (sulfide) groups is 1. The molecule has 3 rings (SSSR count). The third-order valence-corrected chi connectivity index (χ3v) is 4.27. The number of aromatic nitrogens is 2. The van der Waals surface area contributed by atoms with Gasteiger partial charge in [0.2, 0.25) is 18.6 Å². The lowest BCUT2D eigenvalue weighted by atomic mass is 10.2. The van der Waals surface area contributed by atoms with Crippen LogP contribution in [-0.4, -0.2) is 47.9 Å². The molecule has 2 heterocycles. The normalized spacial score (nSPS) is 12.6. The minimum Gasteiger partial charge on any atom is -0.454 e. The van der Waals surface area contributed by atoms with Crippen molar-refractivity contribution in [2.75, 3.05) is 25.7 Å². The molecule has 0 spiro atoms. The van der Waals surface area contributed by atoms with Crippen LogP contribution in [0.3, 0.4) is 0 Å². The van der Waals surface area contributed by atoms with Crippen LogP contribution in [0.1, 0.15) is 20.3 Å². The summed E-state index contributed by atoms with van der Waals surface area (Å²) in [6.45, 7) is 5.39. The fraction of sp³-hybridized carbons (Fsp3) is 0.471.